The molecule has 0 spiro atoms. The van der Waals surface area contributed by atoms with Crippen molar-refractivity contribution in [2.75, 3.05) is 18.5 Å². The lowest BCUT2D eigenvalue weighted by Gasteiger charge is -2.17. The minimum atomic E-state index is -0.681. The van der Waals surface area contributed by atoms with E-state index < -0.39 is 17.7 Å². The molecule has 0 saturated heterocycles. The number of amides is 1. The molecule has 1 N–H and O–H groups in total. The van der Waals surface area contributed by atoms with E-state index in [2.05, 4.69) is 5.32 Å². The Balaban J connectivity index is 2.56. The van der Waals surface area contributed by atoms with Crippen molar-refractivity contribution in [2.45, 2.75) is 19.4 Å². The largest absolute Gasteiger partial charge is 0.308 e. The summed E-state index contributed by atoms with van der Waals surface area (Å²) in [5.74, 6) is -1.57. The molecule has 1 heterocycles. The van der Waals surface area contributed by atoms with Gasteiger partial charge in [0.25, 0.3) is 0 Å². The van der Waals surface area contributed by atoms with Gasteiger partial charge >= 0.3 is 0 Å². The predicted molar refractivity (Wildman–Crippen MR) is 60.8 cm³/mol. The lowest BCUT2D eigenvalue weighted by molar-refractivity contribution is -0.119. The van der Waals surface area contributed by atoms with Crippen molar-refractivity contribution in [3.63, 3.8) is 0 Å². The Morgan fingerprint density at radius 1 is 1.41 bits per heavy atom. The Morgan fingerprint density at radius 3 is 2.71 bits per heavy atom. The lowest BCUT2D eigenvalue weighted by atomic mass is 10.1. The molecular formula is C12H14F2N2O. The van der Waals surface area contributed by atoms with Gasteiger partial charge in [0.05, 0.1) is 5.69 Å². The number of carbonyl (C=O) groups is 1. The number of nitrogens with zero attached hydrogens (tertiary/aromatic N) is 1. The van der Waals surface area contributed by atoms with Crippen LogP contribution in [0.3, 0.4) is 0 Å². The Morgan fingerprint density at radius 2 is 2.12 bits per heavy atom. The number of hydrogen-bond acceptors (Lipinski definition) is 2. The van der Waals surface area contributed by atoms with Crippen LogP contribution in [0.2, 0.25) is 0 Å². The van der Waals surface area contributed by atoms with Gasteiger partial charge in [0, 0.05) is 18.2 Å². The van der Waals surface area contributed by atoms with E-state index in [1.54, 1.807) is 7.05 Å². The molecule has 3 nitrogen and oxygen atoms in total. The standard InChI is InChI=1S/C12H14F2N2O/c1-3-4-16-11-8(10(15-2)12(16)17)5-7(13)6-9(11)14/h5-6,10,15H,3-4H2,1-2H3. The number of benzene rings is 1. The molecule has 1 amide bonds. The second kappa shape index (κ2) is 4.41. The van der Waals surface area contributed by atoms with E-state index >= 15 is 0 Å². The summed E-state index contributed by atoms with van der Waals surface area (Å²) in [6, 6.07) is 1.38. The van der Waals surface area contributed by atoms with Crippen LogP contribution in [0, 0.1) is 11.6 Å². The van der Waals surface area contributed by atoms with Crippen molar-refractivity contribution in [1.29, 1.82) is 0 Å². The fraction of sp³-hybridized carbons (Fsp3) is 0.417. The molecule has 0 fully saturated rings. The van der Waals surface area contributed by atoms with E-state index in [-0.39, 0.29) is 11.6 Å². The zero-order valence-electron chi connectivity index (χ0n) is 9.76. The Kier molecular flexibility index (Phi) is 3.11. The molecule has 2 rings (SSSR count). The van der Waals surface area contributed by atoms with Crippen LogP contribution in [0.15, 0.2) is 12.1 Å². The Hall–Kier alpha value is -1.49. The normalized spacial score (nSPS) is 18.7. The summed E-state index contributed by atoms with van der Waals surface area (Å²) in [5, 5.41) is 2.79. The van der Waals surface area contributed by atoms with Crippen LogP contribution in [0.1, 0.15) is 24.9 Å². The first-order valence-corrected chi connectivity index (χ1v) is 5.57. The molecule has 0 radical (unpaired) electrons. The Labute approximate surface area is 98.4 Å². The van der Waals surface area contributed by atoms with Crippen LogP contribution < -0.4 is 10.2 Å². The van der Waals surface area contributed by atoms with Gasteiger partial charge in [-0.2, -0.15) is 0 Å². The highest BCUT2D eigenvalue weighted by atomic mass is 19.1. The summed E-state index contributed by atoms with van der Waals surface area (Å²) in [7, 11) is 1.60. The lowest BCUT2D eigenvalue weighted by Crippen LogP contribution is -2.33. The quantitative estimate of drug-likeness (QED) is 0.876. The summed E-state index contributed by atoms with van der Waals surface area (Å²) in [6.45, 7) is 2.34. The van der Waals surface area contributed by atoms with Gasteiger partial charge in [-0.05, 0) is 19.5 Å². The van der Waals surface area contributed by atoms with E-state index in [0.29, 0.717) is 12.1 Å². The molecule has 1 atom stereocenters. The van der Waals surface area contributed by atoms with Crippen molar-refractivity contribution in [2.24, 2.45) is 0 Å². The van der Waals surface area contributed by atoms with Crippen LogP contribution in [0.5, 0.6) is 0 Å². The molecule has 1 aromatic carbocycles. The van der Waals surface area contributed by atoms with Crippen LogP contribution in [0.4, 0.5) is 14.5 Å². The minimum absolute atomic E-state index is 0.206. The van der Waals surface area contributed by atoms with Gasteiger partial charge in [0.1, 0.15) is 17.7 Å². The van der Waals surface area contributed by atoms with Crippen LogP contribution >= 0.6 is 0 Å². The Bertz CT molecular complexity index is 462. The second-order valence-electron chi connectivity index (χ2n) is 4.04. The molecular weight excluding hydrogens is 226 g/mol. The SMILES string of the molecule is CCCN1C(=O)C(NC)c2cc(F)cc(F)c21. The average Bonchev–Trinajstić information content (AvgIpc) is 2.52. The number of likely N-dealkylation sites (N-methyl/N-ethyl adjacent to an activating group) is 1. The fourth-order valence-corrected chi connectivity index (χ4v) is 2.21. The molecule has 92 valence electrons. The zero-order chi connectivity index (χ0) is 12.6. The number of carbonyl (C=O) groups excluding carboxylic acids is 1. The van der Waals surface area contributed by atoms with Gasteiger partial charge in [-0.3, -0.25) is 4.79 Å². The molecule has 1 unspecified atom stereocenters. The summed E-state index contributed by atoms with van der Waals surface area (Å²) < 4.78 is 26.9. The van der Waals surface area contributed by atoms with Gasteiger partial charge in [0.2, 0.25) is 5.91 Å². The molecule has 1 aromatic rings. The third kappa shape index (κ3) is 1.80. The molecule has 5 heteroatoms. The van der Waals surface area contributed by atoms with Gasteiger partial charge in [-0.1, -0.05) is 6.92 Å². The van der Waals surface area contributed by atoms with E-state index in [9.17, 15) is 13.6 Å². The van der Waals surface area contributed by atoms with Crippen LogP contribution in [0.25, 0.3) is 0 Å². The van der Waals surface area contributed by atoms with Gasteiger partial charge < -0.3 is 10.2 Å². The maximum atomic E-state index is 13.7. The monoisotopic (exact) mass is 240 g/mol. The molecule has 0 aliphatic carbocycles. The van der Waals surface area contributed by atoms with Crippen molar-refractivity contribution >= 4 is 11.6 Å². The number of nitrogens with one attached hydrogen (secondary N) is 1. The topological polar surface area (TPSA) is 32.3 Å². The van der Waals surface area contributed by atoms with Crippen molar-refractivity contribution in [1.82, 2.24) is 5.32 Å². The third-order valence-corrected chi connectivity index (χ3v) is 2.89. The van der Waals surface area contributed by atoms with Crippen molar-refractivity contribution in [3.8, 4) is 0 Å². The summed E-state index contributed by atoms with van der Waals surface area (Å²) in [4.78, 5) is 13.4. The van der Waals surface area contributed by atoms with E-state index in [4.69, 9.17) is 0 Å². The molecule has 0 saturated carbocycles. The molecule has 1 aliphatic heterocycles. The number of anilines is 1. The number of rotatable bonds is 3. The highest BCUT2D eigenvalue weighted by Crippen LogP contribution is 2.38. The van der Waals surface area contributed by atoms with Crippen molar-refractivity contribution < 1.29 is 13.6 Å². The maximum absolute atomic E-state index is 13.7. The van der Waals surface area contributed by atoms with E-state index in [1.807, 2.05) is 6.92 Å². The number of hydrogen-bond donors (Lipinski definition) is 1. The van der Waals surface area contributed by atoms with E-state index in [1.165, 1.54) is 11.0 Å². The summed E-state index contributed by atoms with van der Waals surface area (Å²) in [6.07, 6.45) is 0.721. The molecule has 0 aromatic heterocycles. The van der Waals surface area contributed by atoms with Gasteiger partial charge in [0.15, 0.2) is 0 Å². The first-order valence-electron chi connectivity index (χ1n) is 5.57. The zero-order valence-corrected chi connectivity index (χ0v) is 9.76. The fourth-order valence-electron chi connectivity index (χ4n) is 2.21. The summed E-state index contributed by atoms with van der Waals surface area (Å²) >= 11 is 0. The maximum Gasteiger partial charge on any atom is 0.248 e. The first-order chi connectivity index (χ1) is 8.10. The van der Waals surface area contributed by atoms with Crippen LogP contribution in [-0.2, 0) is 4.79 Å². The number of halogens is 2. The highest BCUT2D eigenvalue weighted by molar-refractivity contribution is 6.04. The highest BCUT2D eigenvalue weighted by Gasteiger charge is 2.38. The minimum Gasteiger partial charge on any atom is -0.308 e. The van der Waals surface area contributed by atoms with Gasteiger partial charge in [-0.15, -0.1) is 0 Å². The van der Waals surface area contributed by atoms with Crippen LogP contribution in [-0.4, -0.2) is 19.5 Å². The van der Waals surface area contributed by atoms with Gasteiger partial charge in [-0.25, -0.2) is 8.78 Å². The second-order valence-corrected chi connectivity index (χ2v) is 4.04. The van der Waals surface area contributed by atoms with Crippen molar-refractivity contribution in [3.05, 3.63) is 29.3 Å². The number of fused-ring (bicyclic) bond motifs is 1. The molecule has 0 bridgehead atoms. The smallest absolute Gasteiger partial charge is 0.248 e. The average molecular weight is 240 g/mol. The third-order valence-electron chi connectivity index (χ3n) is 2.89. The van der Waals surface area contributed by atoms with E-state index in [0.717, 1.165) is 12.5 Å². The summed E-state index contributed by atoms with van der Waals surface area (Å²) in [5.41, 5.74) is 0.584. The first kappa shape index (κ1) is 12.0. The molecule has 1 aliphatic rings. The predicted octanol–water partition coefficient (Wildman–Crippen LogP) is 1.98. The molecule has 17 heavy (non-hydrogen) atoms.